The number of aryl methyl sites for hydroxylation is 2. The van der Waals surface area contributed by atoms with Crippen molar-refractivity contribution in [2.45, 2.75) is 13.0 Å². The van der Waals surface area contributed by atoms with Crippen molar-refractivity contribution >= 4 is 17.2 Å². The molecule has 0 spiro atoms. The van der Waals surface area contributed by atoms with Gasteiger partial charge in [-0.15, -0.1) is 16.4 Å². The summed E-state index contributed by atoms with van der Waals surface area (Å²) < 4.78 is 6.89. The Morgan fingerprint density at radius 3 is 2.89 bits per heavy atom. The Kier molecular flexibility index (Phi) is 4.28. The highest BCUT2D eigenvalue weighted by Gasteiger charge is 2.16. The number of methoxy groups -OCH3 is 1. The molecule has 6 nitrogen and oxygen atoms in total. The van der Waals surface area contributed by atoms with E-state index in [1.54, 1.807) is 31.7 Å². The van der Waals surface area contributed by atoms with Crippen molar-refractivity contribution in [3.05, 3.63) is 33.8 Å². The number of carbonyl (C=O) groups is 1. The van der Waals surface area contributed by atoms with E-state index < -0.39 is 0 Å². The van der Waals surface area contributed by atoms with Gasteiger partial charge in [-0.2, -0.15) is 0 Å². The Bertz CT molecular complexity index is 564. The van der Waals surface area contributed by atoms with Gasteiger partial charge >= 0.3 is 0 Å². The minimum atomic E-state index is -0.247. The van der Waals surface area contributed by atoms with Gasteiger partial charge in [0, 0.05) is 30.5 Å². The lowest BCUT2D eigenvalue weighted by Crippen LogP contribution is -2.29. The molecular formula is C12H16N4O2S. The Balaban J connectivity index is 1.95. The topological polar surface area (TPSA) is 69.0 Å². The molecular weight excluding hydrogens is 264 g/mol. The molecule has 0 saturated carbocycles. The summed E-state index contributed by atoms with van der Waals surface area (Å²) in [6, 6.07) is 4.05. The zero-order chi connectivity index (χ0) is 13.8. The molecule has 0 aliphatic heterocycles. The third-order valence-corrected chi connectivity index (χ3v) is 3.74. The number of amides is 1. The van der Waals surface area contributed by atoms with E-state index in [1.165, 1.54) is 9.56 Å². The van der Waals surface area contributed by atoms with Gasteiger partial charge in [-0.05, 0) is 19.1 Å². The molecule has 0 radical (unpaired) electrons. The Labute approximate surface area is 115 Å². The molecule has 0 aliphatic rings. The zero-order valence-corrected chi connectivity index (χ0v) is 11.9. The average molecular weight is 280 g/mol. The van der Waals surface area contributed by atoms with E-state index >= 15 is 0 Å². The predicted molar refractivity (Wildman–Crippen MR) is 72.1 cm³/mol. The number of thiophene rings is 1. The van der Waals surface area contributed by atoms with Crippen molar-refractivity contribution in [3.63, 3.8) is 0 Å². The summed E-state index contributed by atoms with van der Waals surface area (Å²) in [6.07, 6.45) is 1.44. The number of ether oxygens (including phenoxy) is 1. The fourth-order valence-corrected chi connectivity index (χ4v) is 2.61. The first-order valence-corrected chi connectivity index (χ1v) is 6.65. The molecule has 1 amide bonds. The summed E-state index contributed by atoms with van der Waals surface area (Å²) in [5, 5.41) is 10.3. The molecule has 7 heteroatoms. The molecule has 1 atom stereocenters. The molecule has 102 valence electrons. The minimum Gasteiger partial charge on any atom is -0.374 e. The molecule has 2 aromatic heterocycles. The van der Waals surface area contributed by atoms with Crippen LogP contribution in [0.25, 0.3) is 0 Å². The summed E-state index contributed by atoms with van der Waals surface area (Å²) in [6.45, 7) is 2.45. The maximum atomic E-state index is 11.8. The fraction of sp³-hybridized carbons (Fsp3) is 0.417. The smallest absolute Gasteiger partial charge is 0.273 e. The first-order valence-electron chi connectivity index (χ1n) is 5.84. The molecule has 2 heterocycles. The highest BCUT2D eigenvalue weighted by atomic mass is 32.1. The average Bonchev–Trinajstić information content (AvgIpc) is 2.99. The Morgan fingerprint density at radius 2 is 2.37 bits per heavy atom. The number of nitrogens with zero attached hydrogens (tertiary/aromatic N) is 3. The molecule has 0 aromatic carbocycles. The van der Waals surface area contributed by atoms with Crippen LogP contribution in [0.3, 0.4) is 0 Å². The highest BCUT2D eigenvalue weighted by molar-refractivity contribution is 7.12. The van der Waals surface area contributed by atoms with E-state index in [1.807, 2.05) is 19.1 Å². The zero-order valence-electron chi connectivity index (χ0n) is 11.1. The fourth-order valence-electron chi connectivity index (χ4n) is 1.65. The van der Waals surface area contributed by atoms with Gasteiger partial charge in [0.15, 0.2) is 5.69 Å². The van der Waals surface area contributed by atoms with E-state index in [0.29, 0.717) is 12.2 Å². The van der Waals surface area contributed by atoms with E-state index in [2.05, 4.69) is 15.6 Å². The Hall–Kier alpha value is -1.73. The van der Waals surface area contributed by atoms with Gasteiger partial charge in [-0.3, -0.25) is 9.48 Å². The van der Waals surface area contributed by atoms with Gasteiger partial charge < -0.3 is 10.1 Å². The van der Waals surface area contributed by atoms with Crippen molar-refractivity contribution in [1.82, 2.24) is 20.3 Å². The summed E-state index contributed by atoms with van der Waals surface area (Å²) in [5.74, 6) is -0.247. The third-order valence-electron chi connectivity index (χ3n) is 2.65. The second-order valence-corrected chi connectivity index (χ2v) is 5.48. The molecule has 1 unspecified atom stereocenters. The van der Waals surface area contributed by atoms with Crippen molar-refractivity contribution in [2.24, 2.45) is 7.05 Å². The van der Waals surface area contributed by atoms with Crippen LogP contribution < -0.4 is 5.32 Å². The van der Waals surface area contributed by atoms with Gasteiger partial charge in [0.25, 0.3) is 5.91 Å². The number of hydrogen-bond acceptors (Lipinski definition) is 5. The van der Waals surface area contributed by atoms with E-state index in [9.17, 15) is 4.79 Å². The van der Waals surface area contributed by atoms with E-state index in [-0.39, 0.29) is 12.0 Å². The van der Waals surface area contributed by atoms with Crippen LogP contribution in [0.5, 0.6) is 0 Å². The third kappa shape index (κ3) is 3.39. The van der Waals surface area contributed by atoms with Crippen LogP contribution in [-0.2, 0) is 11.8 Å². The van der Waals surface area contributed by atoms with Gasteiger partial charge in [-0.1, -0.05) is 5.21 Å². The molecule has 0 saturated heterocycles. The van der Waals surface area contributed by atoms with Gasteiger partial charge in [0.05, 0.1) is 6.20 Å². The lowest BCUT2D eigenvalue weighted by molar-refractivity contribution is 0.0833. The van der Waals surface area contributed by atoms with Crippen LogP contribution in [0, 0.1) is 6.92 Å². The first kappa shape index (κ1) is 13.7. The quantitative estimate of drug-likeness (QED) is 0.896. The van der Waals surface area contributed by atoms with Crippen molar-refractivity contribution < 1.29 is 9.53 Å². The number of aromatic nitrogens is 3. The predicted octanol–water partition coefficient (Wildman–Crippen LogP) is 1.30. The molecule has 0 bridgehead atoms. The maximum absolute atomic E-state index is 11.8. The van der Waals surface area contributed by atoms with Crippen LogP contribution in [0.1, 0.15) is 26.3 Å². The van der Waals surface area contributed by atoms with Crippen LogP contribution in [-0.4, -0.2) is 34.6 Å². The second kappa shape index (κ2) is 5.94. The molecule has 2 aromatic rings. The normalized spacial score (nSPS) is 12.4. The van der Waals surface area contributed by atoms with Gasteiger partial charge in [0.1, 0.15) is 6.10 Å². The van der Waals surface area contributed by atoms with Gasteiger partial charge in [0.2, 0.25) is 0 Å². The van der Waals surface area contributed by atoms with Crippen LogP contribution >= 0.6 is 11.3 Å². The number of rotatable bonds is 5. The molecule has 19 heavy (non-hydrogen) atoms. The summed E-state index contributed by atoms with van der Waals surface area (Å²) in [5.41, 5.74) is 0.305. The van der Waals surface area contributed by atoms with Crippen molar-refractivity contribution in [1.29, 1.82) is 0 Å². The summed E-state index contributed by atoms with van der Waals surface area (Å²) in [4.78, 5) is 14.2. The Morgan fingerprint density at radius 1 is 1.58 bits per heavy atom. The maximum Gasteiger partial charge on any atom is 0.273 e. The minimum absolute atomic E-state index is 0.140. The standard InChI is InChI=1S/C12H16N4O2S/c1-8-4-5-11(19-8)10(18-3)6-13-12(17)9-7-16(2)15-14-9/h4-5,7,10H,6H2,1-3H3,(H,13,17). The number of hydrogen-bond donors (Lipinski definition) is 1. The van der Waals surface area contributed by atoms with Crippen molar-refractivity contribution in [2.75, 3.05) is 13.7 Å². The molecule has 0 fully saturated rings. The monoisotopic (exact) mass is 280 g/mol. The lowest BCUT2D eigenvalue weighted by atomic mass is 10.2. The van der Waals surface area contributed by atoms with Crippen LogP contribution in [0.15, 0.2) is 18.3 Å². The highest BCUT2D eigenvalue weighted by Crippen LogP contribution is 2.24. The van der Waals surface area contributed by atoms with Crippen LogP contribution in [0.4, 0.5) is 0 Å². The lowest BCUT2D eigenvalue weighted by Gasteiger charge is -2.13. The van der Waals surface area contributed by atoms with E-state index in [4.69, 9.17) is 4.74 Å². The number of nitrogens with one attached hydrogen (secondary N) is 1. The first-order chi connectivity index (χ1) is 9.10. The van der Waals surface area contributed by atoms with Gasteiger partial charge in [-0.25, -0.2) is 0 Å². The molecule has 2 rings (SSSR count). The SMILES string of the molecule is COC(CNC(=O)c1cn(C)nn1)c1ccc(C)s1. The summed E-state index contributed by atoms with van der Waals surface area (Å²) >= 11 is 1.66. The second-order valence-electron chi connectivity index (χ2n) is 4.16. The summed E-state index contributed by atoms with van der Waals surface area (Å²) in [7, 11) is 3.35. The van der Waals surface area contributed by atoms with E-state index in [0.717, 1.165) is 4.88 Å². The molecule has 1 N–H and O–H groups in total. The molecule has 0 aliphatic carbocycles. The van der Waals surface area contributed by atoms with Crippen molar-refractivity contribution in [3.8, 4) is 0 Å². The largest absolute Gasteiger partial charge is 0.374 e. The van der Waals surface area contributed by atoms with Crippen LogP contribution in [0.2, 0.25) is 0 Å². The number of carbonyl (C=O) groups excluding carboxylic acids is 1.